The molecule has 0 saturated carbocycles. The summed E-state index contributed by atoms with van der Waals surface area (Å²) in [7, 11) is 0. The summed E-state index contributed by atoms with van der Waals surface area (Å²) in [4.78, 5) is 16.5. The number of H-pyrrole nitrogens is 2. The van der Waals surface area contributed by atoms with Crippen LogP contribution in [0.15, 0.2) is 38.2 Å². The first-order valence-electron chi connectivity index (χ1n) is 4.57. The lowest BCUT2D eigenvalue weighted by atomic mass is 10.2. The summed E-state index contributed by atoms with van der Waals surface area (Å²) < 4.78 is 5.45. The van der Waals surface area contributed by atoms with Crippen LogP contribution in [0.3, 0.4) is 0 Å². The Morgan fingerprint density at radius 2 is 2.25 bits per heavy atom. The zero-order valence-electron chi connectivity index (χ0n) is 7.95. The van der Waals surface area contributed by atoms with Crippen LogP contribution in [0.1, 0.15) is 0 Å². The van der Waals surface area contributed by atoms with Crippen LogP contribution in [-0.2, 0) is 0 Å². The molecule has 6 heteroatoms. The molecule has 1 aromatic carbocycles. The lowest BCUT2D eigenvalue weighted by Crippen LogP contribution is -1.94. The second-order valence-electron chi connectivity index (χ2n) is 3.34. The Morgan fingerprint density at radius 3 is 3.00 bits per heavy atom. The van der Waals surface area contributed by atoms with Gasteiger partial charge in [-0.15, -0.1) is 0 Å². The predicted octanol–water partition coefficient (Wildman–Crippen LogP) is 2.27. The minimum atomic E-state index is -0.556. The molecule has 0 amide bonds. The number of fused-ring (bicyclic) bond motifs is 1. The van der Waals surface area contributed by atoms with E-state index < -0.39 is 5.76 Å². The summed E-state index contributed by atoms with van der Waals surface area (Å²) >= 11 is 3.40. The first-order chi connectivity index (χ1) is 7.74. The van der Waals surface area contributed by atoms with Crippen LogP contribution >= 0.6 is 15.9 Å². The van der Waals surface area contributed by atoms with Gasteiger partial charge in [-0.25, -0.2) is 4.79 Å². The van der Waals surface area contributed by atoms with Crippen molar-refractivity contribution >= 4 is 26.8 Å². The molecule has 2 aromatic heterocycles. The molecule has 0 aliphatic rings. The molecule has 0 radical (unpaired) electrons. The third-order valence-corrected chi connectivity index (χ3v) is 2.83. The van der Waals surface area contributed by atoms with Gasteiger partial charge in [0.15, 0.2) is 5.82 Å². The summed E-state index contributed by atoms with van der Waals surface area (Å²) in [6.45, 7) is 0. The Morgan fingerprint density at radius 1 is 1.38 bits per heavy atom. The number of rotatable bonds is 1. The van der Waals surface area contributed by atoms with Gasteiger partial charge in [-0.2, -0.15) is 0 Å². The molecule has 5 nitrogen and oxygen atoms in total. The highest BCUT2D eigenvalue weighted by atomic mass is 79.9. The summed E-state index contributed by atoms with van der Waals surface area (Å²) in [5.41, 5.74) is 1.78. The fraction of sp³-hybridized carbons (Fsp3) is 0. The lowest BCUT2D eigenvalue weighted by molar-refractivity contribution is 0.388. The normalized spacial score (nSPS) is 11.1. The van der Waals surface area contributed by atoms with Crippen molar-refractivity contribution in [3.8, 4) is 11.4 Å². The van der Waals surface area contributed by atoms with E-state index in [1.807, 2.05) is 18.2 Å². The second kappa shape index (κ2) is 3.34. The molecule has 3 rings (SSSR count). The number of hydrogen-bond acceptors (Lipinski definition) is 3. The molecule has 16 heavy (non-hydrogen) atoms. The van der Waals surface area contributed by atoms with Crippen molar-refractivity contribution in [2.45, 2.75) is 0 Å². The SMILES string of the molecule is O=c1[nH]c(-c2c[nH]c3ccc(Br)cc23)no1. The van der Waals surface area contributed by atoms with Crippen LogP contribution in [0.2, 0.25) is 0 Å². The van der Waals surface area contributed by atoms with Crippen LogP contribution in [0, 0.1) is 0 Å². The van der Waals surface area contributed by atoms with Crippen LogP contribution in [0.4, 0.5) is 0 Å². The number of benzene rings is 1. The van der Waals surface area contributed by atoms with Crippen LogP contribution in [-0.4, -0.2) is 15.1 Å². The molecular weight excluding hydrogens is 274 g/mol. The Bertz CT molecular complexity index is 710. The van der Waals surface area contributed by atoms with Crippen molar-refractivity contribution in [2.24, 2.45) is 0 Å². The van der Waals surface area contributed by atoms with Gasteiger partial charge in [0.1, 0.15) is 0 Å². The average Bonchev–Trinajstić information content (AvgIpc) is 2.83. The van der Waals surface area contributed by atoms with Gasteiger partial charge in [-0.05, 0) is 18.2 Å². The van der Waals surface area contributed by atoms with Gasteiger partial charge in [0.25, 0.3) is 0 Å². The number of aromatic amines is 2. The maximum Gasteiger partial charge on any atom is 0.439 e. The monoisotopic (exact) mass is 279 g/mol. The number of hydrogen-bond donors (Lipinski definition) is 2. The highest BCUT2D eigenvalue weighted by Gasteiger charge is 2.10. The van der Waals surface area contributed by atoms with E-state index in [0.717, 1.165) is 20.9 Å². The van der Waals surface area contributed by atoms with Gasteiger partial charge >= 0.3 is 5.76 Å². The number of nitrogens with one attached hydrogen (secondary N) is 2. The summed E-state index contributed by atoms with van der Waals surface area (Å²) in [6.07, 6.45) is 1.78. The van der Waals surface area contributed by atoms with E-state index in [1.165, 1.54) is 0 Å². The molecular formula is C10H6BrN3O2. The zero-order valence-corrected chi connectivity index (χ0v) is 9.54. The quantitative estimate of drug-likeness (QED) is 0.718. The van der Waals surface area contributed by atoms with Crippen molar-refractivity contribution < 1.29 is 4.52 Å². The molecule has 0 aliphatic heterocycles. The topological polar surface area (TPSA) is 74.7 Å². The van der Waals surface area contributed by atoms with Gasteiger partial charge in [0.2, 0.25) is 0 Å². The van der Waals surface area contributed by atoms with Gasteiger partial charge in [-0.3, -0.25) is 9.51 Å². The van der Waals surface area contributed by atoms with Crippen molar-refractivity contribution in [1.82, 2.24) is 15.1 Å². The Kier molecular flexibility index (Phi) is 1.97. The first kappa shape index (κ1) is 9.41. The maximum absolute atomic E-state index is 10.9. The second-order valence-corrected chi connectivity index (χ2v) is 4.25. The predicted molar refractivity (Wildman–Crippen MR) is 62.1 cm³/mol. The molecule has 0 spiro atoms. The van der Waals surface area contributed by atoms with E-state index in [4.69, 9.17) is 0 Å². The molecule has 0 unspecified atom stereocenters. The van der Waals surface area contributed by atoms with E-state index in [1.54, 1.807) is 6.20 Å². The highest BCUT2D eigenvalue weighted by molar-refractivity contribution is 9.10. The molecule has 2 N–H and O–H groups in total. The molecule has 3 aromatic rings. The van der Waals surface area contributed by atoms with Crippen LogP contribution < -0.4 is 5.76 Å². The average molecular weight is 280 g/mol. The smallest absolute Gasteiger partial charge is 0.360 e. The molecule has 0 fully saturated rings. The lowest BCUT2D eigenvalue weighted by Gasteiger charge is -1.93. The third kappa shape index (κ3) is 1.38. The van der Waals surface area contributed by atoms with E-state index in [2.05, 4.69) is 35.6 Å². The minimum absolute atomic E-state index is 0.425. The molecule has 0 saturated heterocycles. The Labute approximate surface area is 97.6 Å². The first-order valence-corrected chi connectivity index (χ1v) is 5.36. The van der Waals surface area contributed by atoms with E-state index in [9.17, 15) is 4.79 Å². The van der Waals surface area contributed by atoms with Crippen LogP contribution in [0.5, 0.6) is 0 Å². The standard InChI is InChI=1S/C10H6BrN3O2/c11-5-1-2-8-6(3-5)7(4-12-8)9-13-10(15)16-14-9/h1-4,12H,(H,13,14,15). The molecule has 2 heterocycles. The molecule has 0 aliphatic carbocycles. The van der Waals surface area contributed by atoms with Gasteiger partial charge in [-0.1, -0.05) is 21.1 Å². The zero-order chi connectivity index (χ0) is 11.1. The third-order valence-electron chi connectivity index (χ3n) is 2.34. The number of aromatic nitrogens is 3. The van der Waals surface area contributed by atoms with Gasteiger partial charge < -0.3 is 4.98 Å². The minimum Gasteiger partial charge on any atom is -0.360 e. The number of halogens is 1. The fourth-order valence-corrected chi connectivity index (χ4v) is 2.00. The fourth-order valence-electron chi connectivity index (χ4n) is 1.63. The summed E-state index contributed by atoms with van der Waals surface area (Å²) in [5, 5.41) is 4.63. The van der Waals surface area contributed by atoms with Crippen LogP contribution in [0.25, 0.3) is 22.3 Å². The van der Waals surface area contributed by atoms with E-state index >= 15 is 0 Å². The summed E-state index contributed by atoms with van der Waals surface area (Å²) in [6, 6.07) is 5.84. The van der Waals surface area contributed by atoms with Crippen molar-refractivity contribution in [3.63, 3.8) is 0 Å². The van der Waals surface area contributed by atoms with E-state index in [-0.39, 0.29) is 0 Å². The highest BCUT2D eigenvalue weighted by Crippen LogP contribution is 2.27. The maximum atomic E-state index is 10.9. The Hall–Kier alpha value is -1.82. The summed E-state index contributed by atoms with van der Waals surface area (Å²) in [5.74, 6) is -0.131. The van der Waals surface area contributed by atoms with Gasteiger partial charge in [0.05, 0.1) is 0 Å². The number of nitrogens with zero attached hydrogens (tertiary/aromatic N) is 1. The largest absolute Gasteiger partial charge is 0.439 e. The van der Waals surface area contributed by atoms with Gasteiger partial charge in [0, 0.05) is 27.1 Å². The molecule has 0 atom stereocenters. The van der Waals surface area contributed by atoms with Crippen molar-refractivity contribution in [3.05, 3.63) is 39.4 Å². The molecule has 80 valence electrons. The Balaban J connectivity index is 2.31. The van der Waals surface area contributed by atoms with Crippen molar-refractivity contribution in [2.75, 3.05) is 0 Å². The van der Waals surface area contributed by atoms with Crippen molar-refractivity contribution in [1.29, 1.82) is 0 Å². The molecule has 0 bridgehead atoms. The van der Waals surface area contributed by atoms with E-state index in [0.29, 0.717) is 5.82 Å².